The first-order valence-corrected chi connectivity index (χ1v) is 9.97. The van der Waals surface area contributed by atoms with E-state index in [4.69, 9.17) is 23.7 Å². The topological polar surface area (TPSA) is 80.3 Å². The molecule has 1 aliphatic rings. The van der Waals surface area contributed by atoms with Crippen molar-refractivity contribution in [1.29, 1.82) is 0 Å². The largest absolute Gasteiger partial charge is 0.496 e. The lowest BCUT2D eigenvalue weighted by molar-refractivity contribution is -0.159. The molecule has 162 valence electrons. The van der Waals surface area contributed by atoms with E-state index in [1.165, 1.54) is 33.5 Å². The smallest absolute Gasteiger partial charge is 0.344 e. The highest BCUT2D eigenvalue weighted by atomic mass is 16.6. The van der Waals surface area contributed by atoms with Gasteiger partial charge in [0.1, 0.15) is 17.4 Å². The van der Waals surface area contributed by atoms with Crippen LogP contribution in [0.15, 0.2) is 12.1 Å². The van der Waals surface area contributed by atoms with Crippen LogP contribution in [0.1, 0.15) is 50.4 Å². The lowest BCUT2D eigenvalue weighted by Crippen LogP contribution is -2.36. The van der Waals surface area contributed by atoms with Crippen molar-refractivity contribution in [2.75, 3.05) is 27.9 Å². The molecule has 29 heavy (non-hydrogen) atoms. The Morgan fingerprint density at radius 1 is 1.00 bits per heavy atom. The molecule has 1 aromatic rings. The fourth-order valence-corrected chi connectivity index (χ4v) is 3.84. The summed E-state index contributed by atoms with van der Waals surface area (Å²) in [4.78, 5) is 24.8. The zero-order chi connectivity index (χ0) is 21.6. The van der Waals surface area contributed by atoms with E-state index < -0.39 is 18.5 Å². The molecule has 0 amide bonds. The van der Waals surface area contributed by atoms with Gasteiger partial charge in [-0.3, -0.25) is 0 Å². The zero-order valence-corrected chi connectivity index (χ0v) is 18.2. The SMILES string of the molecule is COc1cc(OC)c(C(=O)OCC(=O)O[C@@H]2C[C@@H](C)CC[C@H]2C(C)C)cc1OC. The minimum atomic E-state index is -0.697. The van der Waals surface area contributed by atoms with Crippen molar-refractivity contribution < 1.29 is 33.3 Å². The van der Waals surface area contributed by atoms with Gasteiger partial charge in [0.15, 0.2) is 18.1 Å². The third-order valence-corrected chi connectivity index (χ3v) is 5.49. The molecule has 0 saturated heterocycles. The fraction of sp³-hybridized carbons (Fsp3) is 0.636. The minimum absolute atomic E-state index is 0.138. The van der Waals surface area contributed by atoms with Gasteiger partial charge in [0.25, 0.3) is 0 Å². The van der Waals surface area contributed by atoms with Crippen LogP contribution in [0.5, 0.6) is 17.2 Å². The molecule has 0 N–H and O–H groups in total. The predicted octanol–water partition coefficient (Wildman–Crippen LogP) is 3.87. The molecule has 1 aromatic carbocycles. The van der Waals surface area contributed by atoms with E-state index >= 15 is 0 Å². The number of carbonyl (C=O) groups is 2. The third-order valence-electron chi connectivity index (χ3n) is 5.49. The lowest BCUT2D eigenvalue weighted by atomic mass is 9.75. The Balaban J connectivity index is 2.02. The summed E-state index contributed by atoms with van der Waals surface area (Å²) in [6.07, 6.45) is 2.89. The first-order chi connectivity index (χ1) is 13.8. The molecule has 0 heterocycles. The number of hydrogen-bond donors (Lipinski definition) is 0. The maximum atomic E-state index is 12.5. The highest BCUT2D eigenvalue weighted by molar-refractivity contribution is 5.94. The molecule has 2 rings (SSSR count). The molecular formula is C22H32O7. The summed E-state index contributed by atoms with van der Waals surface area (Å²) in [7, 11) is 4.39. The van der Waals surface area contributed by atoms with Crippen LogP contribution in [0.4, 0.5) is 0 Å². The molecule has 0 aliphatic heterocycles. The number of carbonyl (C=O) groups excluding carboxylic acids is 2. The van der Waals surface area contributed by atoms with Crippen molar-refractivity contribution in [3.05, 3.63) is 17.7 Å². The molecule has 0 bridgehead atoms. The Kier molecular flexibility index (Phi) is 8.17. The van der Waals surface area contributed by atoms with E-state index in [1.54, 1.807) is 0 Å². The van der Waals surface area contributed by atoms with E-state index in [0.717, 1.165) is 19.3 Å². The summed E-state index contributed by atoms with van der Waals surface area (Å²) in [6.45, 7) is 6.00. The zero-order valence-electron chi connectivity index (χ0n) is 18.2. The second kappa shape index (κ2) is 10.4. The normalized spacial score (nSPS) is 21.4. The maximum absolute atomic E-state index is 12.5. The highest BCUT2D eigenvalue weighted by Gasteiger charge is 2.33. The highest BCUT2D eigenvalue weighted by Crippen LogP contribution is 2.36. The van der Waals surface area contributed by atoms with Crippen molar-refractivity contribution >= 4 is 11.9 Å². The van der Waals surface area contributed by atoms with Gasteiger partial charge in [0, 0.05) is 12.1 Å². The van der Waals surface area contributed by atoms with Crippen LogP contribution in [0.25, 0.3) is 0 Å². The van der Waals surface area contributed by atoms with Gasteiger partial charge in [0.05, 0.1) is 21.3 Å². The van der Waals surface area contributed by atoms with Gasteiger partial charge >= 0.3 is 11.9 Å². The van der Waals surface area contributed by atoms with E-state index in [9.17, 15) is 9.59 Å². The van der Waals surface area contributed by atoms with Crippen LogP contribution in [0.3, 0.4) is 0 Å². The Bertz CT molecular complexity index is 713. The van der Waals surface area contributed by atoms with E-state index in [1.807, 2.05) is 0 Å². The molecule has 1 aliphatic carbocycles. The van der Waals surface area contributed by atoms with Gasteiger partial charge in [-0.15, -0.1) is 0 Å². The Hall–Kier alpha value is -2.44. The van der Waals surface area contributed by atoms with Gasteiger partial charge in [-0.1, -0.05) is 27.2 Å². The average Bonchev–Trinajstić information content (AvgIpc) is 2.70. The monoisotopic (exact) mass is 408 g/mol. The summed E-state index contributed by atoms with van der Waals surface area (Å²) in [5, 5.41) is 0. The summed E-state index contributed by atoms with van der Waals surface area (Å²) < 4.78 is 26.5. The molecular weight excluding hydrogens is 376 g/mol. The summed E-state index contributed by atoms with van der Waals surface area (Å²) in [5.41, 5.74) is 0.143. The van der Waals surface area contributed by atoms with Crippen molar-refractivity contribution in [3.8, 4) is 17.2 Å². The number of methoxy groups -OCH3 is 3. The molecule has 1 fully saturated rings. The van der Waals surface area contributed by atoms with Crippen LogP contribution < -0.4 is 14.2 Å². The second-order valence-electron chi connectivity index (χ2n) is 7.84. The first-order valence-electron chi connectivity index (χ1n) is 9.97. The van der Waals surface area contributed by atoms with Crippen molar-refractivity contribution in [2.45, 2.75) is 46.1 Å². The number of esters is 2. The summed E-state index contributed by atoms with van der Waals surface area (Å²) in [5.74, 6) is 1.09. The number of benzene rings is 1. The van der Waals surface area contributed by atoms with Crippen LogP contribution >= 0.6 is 0 Å². The van der Waals surface area contributed by atoms with E-state index in [-0.39, 0.29) is 17.4 Å². The Morgan fingerprint density at radius 2 is 1.62 bits per heavy atom. The molecule has 0 spiro atoms. The van der Waals surface area contributed by atoms with Gasteiger partial charge in [-0.2, -0.15) is 0 Å². The van der Waals surface area contributed by atoms with Gasteiger partial charge < -0.3 is 23.7 Å². The molecule has 0 aromatic heterocycles. The quantitative estimate of drug-likeness (QED) is 0.604. The van der Waals surface area contributed by atoms with Gasteiger partial charge in [0.2, 0.25) is 0 Å². The minimum Gasteiger partial charge on any atom is -0.496 e. The molecule has 0 radical (unpaired) electrons. The third kappa shape index (κ3) is 5.78. The number of hydrogen-bond acceptors (Lipinski definition) is 7. The molecule has 7 heteroatoms. The average molecular weight is 408 g/mol. The standard InChI is InChI=1S/C22H32O7/c1-13(2)15-8-7-14(3)9-18(15)29-21(23)12-28-22(24)16-10-19(26-5)20(27-6)11-17(16)25-4/h10-11,13-15,18H,7-9,12H2,1-6H3/t14-,15-,18+/m0/s1. The second-order valence-corrected chi connectivity index (χ2v) is 7.84. The number of ether oxygens (including phenoxy) is 5. The molecule has 3 atom stereocenters. The first kappa shape index (κ1) is 22.8. The Labute approximate surface area is 172 Å². The summed E-state index contributed by atoms with van der Waals surface area (Å²) >= 11 is 0. The van der Waals surface area contributed by atoms with Crippen molar-refractivity contribution in [3.63, 3.8) is 0 Å². The predicted molar refractivity (Wildman–Crippen MR) is 108 cm³/mol. The molecule has 0 unspecified atom stereocenters. The fourth-order valence-electron chi connectivity index (χ4n) is 3.84. The van der Waals surface area contributed by atoms with E-state index in [2.05, 4.69) is 20.8 Å². The van der Waals surface area contributed by atoms with E-state index in [0.29, 0.717) is 29.3 Å². The maximum Gasteiger partial charge on any atom is 0.344 e. The Morgan fingerprint density at radius 3 is 2.21 bits per heavy atom. The molecule has 1 saturated carbocycles. The molecule has 7 nitrogen and oxygen atoms in total. The van der Waals surface area contributed by atoms with Crippen molar-refractivity contribution in [1.82, 2.24) is 0 Å². The van der Waals surface area contributed by atoms with Crippen LogP contribution in [0, 0.1) is 17.8 Å². The van der Waals surface area contributed by atoms with Crippen molar-refractivity contribution in [2.24, 2.45) is 17.8 Å². The lowest BCUT2D eigenvalue weighted by Gasteiger charge is -2.36. The van der Waals surface area contributed by atoms with Gasteiger partial charge in [-0.25, -0.2) is 9.59 Å². The van der Waals surface area contributed by atoms with Crippen LogP contribution in [-0.4, -0.2) is 46.0 Å². The number of rotatable bonds is 8. The van der Waals surface area contributed by atoms with Crippen LogP contribution in [0.2, 0.25) is 0 Å². The summed E-state index contributed by atoms with van der Waals surface area (Å²) in [6, 6.07) is 2.99. The van der Waals surface area contributed by atoms with Crippen LogP contribution in [-0.2, 0) is 14.3 Å². The van der Waals surface area contributed by atoms with Gasteiger partial charge in [-0.05, 0) is 30.6 Å².